The molecule has 0 spiro atoms. The van der Waals surface area contributed by atoms with Gasteiger partial charge in [-0.2, -0.15) is 0 Å². The second kappa shape index (κ2) is 4.56. The second-order valence-corrected chi connectivity index (χ2v) is 4.70. The van der Waals surface area contributed by atoms with E-state index in [0.29, 0.717) is 12.4 Å². The highest BCUT2D eigenvalue weighted by molar-refractivity contribution is 5.91. The molecule has 0 radical (unpaired) electrons. The van der Waals surface area contributed by atoms with Gasteiger partial charge in [-0.1, -0.05) is 26.8 Å². The topological polar surface area (TPSA) is 46.5 Å². The summed E-state index contributed by atoms with van der Waals surface area (Å²) in [5.41, 5.74) is 1.28. The van der Waals surface area contributed by atoms with Crippen molar-refractivity contribution in [2.75, 3.05) is 6.61 Å². The highest BCUT2D eigenvalue weighted by Crippen LogP contribution is 2.28. The molecule has 0 aliphatic carbocycles. The molecule has 0 saturated carbocycles. The van der Waals surface area contributed by atoms with Crippen molar-refractivity contribution in [2.24, 2.45) is 0 Å². The van der Waals surface area contributed by atoms with Crippen molar-refractivity contribution in [3.05, 3.63) is 29.3 Å². The number of aromatic carboxylic acids is 1. The number of carboxylic acid groups (broad SMARTS) is 1. The zero-order chi connectivity index (χ0) is 12.3. The molecule has 0 amide bonds. The third-order valence-corrected chi connectivity index (χ3v) is 2.38. The monoisotopic (exact) mass is 222 g/mol. The van der Waals surface area contributed by atoms with Crippen molar-refractivity contribution >= 4 is 5.97 Å². The zero-order valence-corrected chi connectivity index (χ0v) is 10.2. The maximum atomic E-state index is 11.0. The summed E-state index contributed by atoms with van der Waals surface area (Å²) in [6, 6.07) is 5.26. The van der Waals surface area contributed by atoms with Crippen LogP contribution in [0.25, 0.3) is 0 Å². The highest BCUT2D eigenvalue weighted by atomic mass is 16.5. The Labute approximate surface area is 96.1 Å². The minimum atomic E-state index is -0.955. The number of benzene rings is 1. The molecule has 0 aromatic heterocycles. The van der Waals surface area contributed by atoms with Crippen LogP contribution >= 0.6 is 0 Å². The lowest BCUT2D eigenvalue weighted by molar-refractivity contribution is 0.0692. The van der Waals surface area contributed by atoms with E-state index in [9.17, 15) is 4.79 Å². The van der Waals surface area contributed by atoms with Gasteiger partial charge in [0.2, 0.25) is 0 Å². The summed E-state index contributed by atoms with van der Waals surface area (Å²) < 4.78 is 5.35. The first-order valence-electron chi connectivity index (χ1n) is 5.37. The predicted octanol–water partition coefficient (Wildman–Crippen LogP) is 3.08. The van der Waals surface area contributed by atoms with Crippen LogP contribution < -0.4 is 4.74 Å². The summed E-state index contributed by atoms with van der Waals surface area (Å²) in [4.78, 5) is 11.0. The number of ether oxygens (including phenoxy) is 1. The molecule has 0 bridgehead atoms. The fourth-order valence-corrected chi connectivity index (χ4v) is 1.44. The smallest absolute Gasteiger partial charge is 0.339 e. The van der Waals surface area contributed by atoms with E-state index in [4.69, 9.17) is 9.84 Å². The summed E-state index contributed by atoms with van der Waals surface area (Å²) in [6.07, 6.45) is 0. The van der Waals surface area contributed by atoms with Crippen LogP contribution in [0.1, 0.15) is 43.6 Å². The molecule has 16 heavy (non-hydrogen) atoms. The van der Waals surface area contributed by atoms with Crippen molar-refractivity contribution in [3.63, 3.8) is 0 Å². The molecular weight excluding hydrogens is 204 g/mol. The third kappa shape index (κ3) is 2.75. The van der Waals surface area contributed by atoms with Crippen LogP contribution in [0.15, 0.2) is 18.2 Å². The number of hydrogen-bond donors (Lipinski definition) is 1. The molecule has 3 nitrogen and oxygen atoms in total. The Balaban J connectivity index is 3.22. The molecule has 3 heteroatoms. The molecule has 0 fully saturated rings. The molecule has 1 N–H and O–H groups in total. The molecule has 0 atom stereocenters. The Morgan fingerprint density at radius 1 is 1.38 bits per heavy atom. The van der Waals surface area contributed by atoms with Gasteiger partial charge < -0.3 is 9.84 Å². The Morgan fingerprint density at radius 3 is 2.44 bits per heavy atom. The normalized spacial score (nSPS) is 11.2. The minimum absolute atomic E-state index is 0.0110. The largest absolute Gasteiger partial charge is 0.493 e. The van der Waals surface area contributed by atoms with E-state index >= 15 is 0 Å². The van der Waals surface area contributed by atoms with Gasteiger partial charge in [0.05, 0.1) is 6.61 Å². The van der Waals surface area contributed by atoms with Crippen LogP contribution in [0.3, 0.4) is 0 Å². The Morgan fingerprint density at radius 2 is 2.00 bits per heavy atom. The van der Waals surface area contributed by atoms with Crippen LogP contribution in [-0.2, 0) is 5.41 Å². The van der Waals surface area contributed by atoms with Gasteiger partial charge in [-0.3, -0.25) is 0 Å². The van der Waals surface area contributed by atoms with Crippen molar-refractivity contribution in [3.8, 4) is 5.75 Å². The fraction of sp³-hybridized carbons (Fsp3) is 0.462. The maximum absolute atomic E-state index is 11.0. The lowest BCUT2D eigenvalue weighted by Gasteiger charge is -2.20. The summed E-state index contributed by atoms with van der Waals surface area (Å²) in [6.45, 7) is 8.55. The van der Waals surface area contributed by atoms with Crippen molar-refractivity contribution in [1.29, 1.82) is 0 Å². The Kier molecular flexibility index (Phi) is 3.58. The van der Waals surface area contributed by atoms with Gasteiger partial charge in [0.15, 0.2) is 0 Å². The highest BCUT2D eigenvalue weighted by Gasteiger charge is 2.18. The molecule has 88 valence electrons. The molecule has 1 aromatic rings. The number of carbonyl (C=O) groups is 1. The van der Waals surface area contributed by atoms with E-state index in [0.717, 1.165) is 5.56 Å². The molecule has 0 heterocycles. The van der Waals surface area contributed by atoms with Crippen molar-refractivity contribution < 1.29 is 14.6 Å². The summed E-state index contributed by atoms with van der Waals surface area (Å²) in [7, 11) is 0. The molecule has 1 rings (SSSR count). The number of rotatable bonds is 3. The zero-order valence-electron chi connectivity index (χ0n) is 10.2. The quantitative estimate of drug-likeness (QED) is 0.854. The molecule has 0 aliphatic rings. The SMILES string of the molecule is CCOc1cc(C(C)(C)C)ccc1C(=O)O. The maximum Gasteiger partial charge on any atom is 0.339 e. The average molecular weight is 222 g/mol. The van der Waals surface area contributed by atoms with Gasteiger partial charge in [0.1, 0.15) is 11.3 Å². The van der Waals surface area contributed by atoms with E-state index in [1.807, 2.05) is 19.1 Å². The van der Waals surface area contributed by atoms with Crippen LogP contribution in [0.5, 0.6) is 5.75 Å². The Hall–Kier alpha value is -1.51. The van der Waals surface area contributed by atoms with Gasteiger partial charge in [-0.05, 0) is 30.0 Å². The lowest BCUT2D eigenvalue weighted by atomic mass is 9.86. The van der Waals surface area contributed by atoms with Gasteiger partial charge in [-0.25, -0.2) is 4.79 Å². The van der Waals surface area contributed by atoms with Crippen LogP contribution in [0.2, 0.25) is 0 Å². The van der Waals surface area contributed by atoms with Crippen LogP contribution in [0, 0.1) is 0 Å². The van der Waals surface area contributed by atoms with Gasteiger partial charge in [0, 0.05) is 0 Å². The predicted molar refractivity (Wildman–Crippen MR) is 63.3 cm³/mol. The first kappa shape index (κ1) is 12.6. The number of carboxylic acids is 1. The molecule has 0 unspecified atom stereocenters. The van der Waals surface area contributed by atoms with Crippen LogP contribution in [-0.4, -0.2) is 17.7 Å². The summed E-state index contributed by atoms with van der Waals surface area (Å²) in [5, 5.41) is 9.01. The van der Waals surface area contributed by atoms with Gasteiger partial charge in [0.25, 0.3) is 0 Å². The minimum Gasteiger partial charge on any atom is -0.493 e. The van der Waals surface area contributed by atoms with E-state index in [2.05, 4.69) is 20.8 Å². The lowest BCUT2D eigenvalue weighted by Crippen LogP contribution is -2.12. The van der Waals surface area contributed by atoms with Crippen molar-refractivity contribution in [2.45, 2.75) is 33.1 Å². The van der Waals surface area contributed by atoms with Crippen LogP contribution in [0.4, 0.5) is 0 Å². The summed E-state index contributed by atoms with van der Waals surface area (Å²) >= 11 is 0. The first-order valence-corrected chi connectivity index (χ1v) is 5.37. The second-order valence-electron chi connectivity index (χ2n) is 4.70. The van der Waals surface area contributed by atoms with Gasteiger partial charge >= 0.3 is 5.97 Å². The molecule has 0 saturated heterocycles. The van der Waals surface area contributed by atoms with Crippen molar-refractivity contribution in [1.82, 2.24) is 0 Å². The van der Waals surface area contributed by atoms with E-state index in [1.165, 1.54) is 0 Å². The fourth-order valence-electron chi connectivity index (χ4n) is 1.44. The number of hydrogen-bond acceptors (Lipinski definition) is 2. The van der Waals surface area contributed by atoms with E-state index < -0.39 is 5.97 Å². The average Bonchev–Trinajstić information content (AvgIpc) is 2.16. The Bertz CT molecular complexity index is 389. The first-order chi connectivity index (χ1) is 7.36. The molecule has 1 aromatic carbocycles. The molecular formula is C13H18O3. The van der Waals surface area contributed by atoms with Gasteiger partial charge in [-0.15, -0.1) is 0 Å². The molecule has 0 aliphatic heterocycles. The summed E-state index contributed by atoms with van der Waals surface area (Å²) in [5.74, 6) is -0.508. The van der Waals surface area contributed by atoms with E-state index in [-0.39, 0.29) is 11.0 Å². The third-order valence-electron chi connectivity index (χ3n) is 2.38. The standard InChI is InChI=1S/C13H18O3/c1-5-16-11-8-9(13(2,3)4)6-7-10(11)12(14)15/h6-8H,5H2,1-4H3,(H,14,15). The van der Waals surface area contributed by atoms with E-state index in [1.54, 1.807) is 6.07 Å².